The molecule has 0 bridgehead atoms. The van der Waals surface area contributed by atoms with Gasteiger partial charge in [-0.05, 0) is 24.6 Å². The van der Waals surface area contributed by atoms with E-state index in [2.05, 4.69) is 17.3 Å². The second kappa shape index (κ2) is 5.10. The Hall–Kier alpha value is -1.68. The fraction of sp³-hybridized carbons (Fsp3) is 0.308. The number of nitrogens with zero attached hydrogens (tertiary/aromatic N) is 2. The summed E-state index contributed by atoms with van der Waals surface area (Å²) in [6.07, 6.45) is 3.81. The van der Waals surface area contributed by atoms with Crippen LogP contribution in [0, 0.1) is 5.82 Å². The lowest BCUT2D eigenvalue weighted by Gasteiger charge is -2.13. The van der Waals surface area contributed by atoms with Crippen molar-refractivity contribution in [3.05, 3.63) is 53.6 Å². The first-order valence-corrected chi connectivity index (χ1v) is 5.61. The first-order valence-electron chi connectivity index (χ1n) is 5.61. The molecule has 0 aliphatic heterocycles. The van der Waals surface area contributed by atoms with Crippen molar-refractivity contribution in [1.82, 2.24) is 15.1 Å². The van der Waals surface area contributed by atoms with E-state index >= 15 is 0 Å². The van der Waals surface area contributed by atoms with Gasteiger partial charge < -0.3 is 5.32 Å². The Morgan fingerprint density at radius 2 is 2.06 bits per heavy atom. The van der Waals surface area contributed by atoms with Crippen LogP contribution in [0.4, 0.5) is 4.39 Å². The van der Waals surface area contributed by atoms with Crippen molar-refractivity contribution in [3.63, 3.8) is 0 Å². The fourth-order valence-corrected chi connectivity index (χ4v) is 1.70. The molecule has 4 heteroatoms. The molecule has 1 N–H and O–H groups in total. The number of hydrogen-bond donors (Lipinski definition) is 1. The average molecular weight is 233 g/mol. The maximum absolute atomic E-state index is 12.8. The van der Waals surface area contributed by atoms with Gasteiger partial charge in [0.05, 0.1) is 6.20 Å². The number of nitrogens with one attached hydrogen (secondary N) is 1. The minimum atomic E-state index is -0.201. The first-order chi connectivity index (χ1) is 8.15. The average Bonchev–Trinajstić information content (AvgIpc) is 2.73. The largest absolute Gasteiger partial charge is 0.306 e. The maximum atomic E-state index is 12.8. The van der Waals surface area contributed by atoms with E-state index < -0.39 is 0 Å². The molecule has 0 aliphatic carbocycles. The van der Waals surface area contributed by atoms with Crippen molar-refractivity contribution in [2.24, 2.45) is 7.05 Å². The van der Waals surface area contributed by atoms with Gasteiger partial charge in [0, 0.05) is 31.4 Å². The van der Waals surface area contributed by atoms with Crippen LogP contribution >= 0.6 is 0 Å². The van der Waals surface area contributed by atoms with Crippen LogP contribution in [-0.2, 0) is 13.6 Å². The van der Waals surface area contributed by atoms with Gasteiger partial charge in [0.1, 0.15) is 5.82 Å². The predicted molar refractivity (Wildman–Crippen MR) is 64.9 cm³/mol. The van der Waals surface area contributed by atoms with Crippen LogP contribution < -0.4 is 5.32 Å². The van der Waals surface area contributed by atoms with Crippen LogP contribution in [0.2, 0.25) is 0 Å². The molecule has 1 aromatic heterocycles. The smallest absolute Gasteiger partial charge is 0.123 e. The molecule has 90 valence electrons. The Bertz CT molecular complexity index is 476. The van der Waals surface area contributed by atoms with Gasteiger partial charge in [-0.15, -0.1) is 0 Å². The minimum Gasteiger partial charge on any atom is -0.306 e. The van der Waals surface area contributed by atoms with Gasteiger partial charge in [0.15, 0.2) is 0 Å². The number of hydrogen-bond acceptors (Lipinski definition) is 2. The fourth-order valence-electron chi connectivity index (χ4n) is 1.70. The molecule has 17 heavy (non-hydrogen) atoms. The van der Waals surface area contributed by atoms with E-state index in [0.717, 1.165) is 17.7 Å². The van der Waals surface area contributed by atoms with Crippen molar-refractivity contribution in [3.8, 4) is 0 Å². The Kier molecular flexibility index (Phi) is 3.54. The molecule has 0 fully saturated rings. The van der Waals surface area contributed by atoms with E-state index in [-0.39, 0.29) is 11.9 Å². The third-order valence-corrected chi connectivity index (χ3v) is 2.74. The second-order valence-electron chi connectivity index (χ2n) is 4.18. The molecule has 1 aromatic carbocycles. The molecule has 2 rings (SSSR count). The van der Waals surface area contributed by atoms with Gasteiger partial charge in [0.25, 0.3) is 0 Å². The molecule has 0 saturated carbocycles. The Labute approximate surface area is 100 Å². The molecule has 0 saturated heterocycles. The highest BCUT2D eigenvalue weighted by Crippen LogP contribution is 2.13. The summed E-state index contributed by atoms with van der Waals surface area (Å²) in [7, 11) is 1.90. The summed E-state index contributed by atoms with van der Waals surface area (Å²) in [6, 6.07) is 6.76. The van der Waals surface area contributed by atoms with E-state index in [1.54, 1.807) is 16.8 Å². The molecular formula is C13H16FN3. The minimum absolute atomic E-state index is 0.191. The molecule has 0 aliphatic rings. The van der Waals surface area contributed by atoms with Gasteiger partial charge in [-0.1, -0.05) is 12.1 Å². The summed E-state index contributed by atoms with van der Waals surface area (Å²) < 4.78 is 14.5. The van der Waals surface area contributed by atoms with Crippen LogP contribution in [0.15, 0.2) is 36.7 Å². The molecule has 2 aromatic rings. The molecule has 0 unspecified atom stereocenters. The lowest BCUT2D eigenvalue weighted by atomic mass is 10.1. The zero-order valence-corrected chi connectivity index (χ0v) is 10.0. The first kappa shape index (κ1) is 11.8. The zero-order chi connectivity index (χ0) is 12.3. The van der Waals surface area contributed by atoms with E-state index in [1.807, 2.05) is 19.4 Å². The third-order valence-electron chi connectivity index (χ3n) is 2.74. The van der Waals surface area contributed by atoms with Crippen LogP contribution in [0.25, 0.3) is 0 Å². The highest BCUT2D eigenvalue weighted by molar-refractivity contribution is 5.19. The predicted octanol–water partition coefficient (Wildman–Crippen LogP) is 2.41. The summed E-state index contributed by atoms with van der Waals surface area (Å²) in [5.74, 6) is -0.201. The SMILES string of the molecule is C[C@H](NCc1cnn(C)c1)c1ccc(F)cc1. The highest BCUT2D eigenvalue weighted by atomic mass is 19.1. The maximum Gasteiger partial charge on any atom is 0.123 e. The van der Waals surface area contributed by atoms with Crippen LogP contribution in [0.1, 0.15) is 24.1 Å². The van der Waals surface area contributed by atoms with E-state index in [9.17, 15) is 4.39 Å². The van der Waals surface area contributed by atoms with Crippen molar-refractivity contribution in [1.29, 1.82) is 0 Å². The van der Waals surface area contributed by atoms with Crippen LogP contribution in [0.5, 0.6) is 0 Å². The number of aromatic nitrogens is 2. The van der Waals surface area contributed by atoms with Crippen LogP contribution in [-0.4, -0.2) is 9.78 Å². The van der Waals surface area contributed by atoms with Gasteiger partial charge in [-0.25, -0.2) is 4.39 Å². The summed E-state index contributed by atoms with van der Waals surface area (Å²) in [4.78, 5) is 0. The Balaban J connectivity index is 1.93. The number of rotatable bonds is 4. The zero-order valence-electron chi connectivity index (χ0n) is 10.0. The third kappa shape index (κ3) is 3.14. The molecular weight excluding hydrogens is 217 g/mol. The number of benzene rings is 1. The van der Waals surface area contributed by atoms with Gasteiger partial charge in [-0.3, -0.25) is 4.68 Å². The van der Waals surface area contributed by atoms with Crippen molar-refractivity contribution in [2.75, 3.05) is 0 Å². The quantitative estimate of drug-likeness (QED) is 0.878. The number of halogens is 1. The lowest BCUT2D eigenvalue weighted by Crippen LogP contribution is -2.17. The topological polar surface area (TPSA) is 29.9 Å². The molecule has 1 atom stereocenters. The molecule has 1 heterocycles. The second-order valence-corrected chi connectivity index (χ2v) is 4.18. The van der Waals surface area contributed by atoms with Crippen LogP contribution in [0.3, 0.4) is 0 Å². The Morgan fingerprint density at radius 1 is 1.35 bits per heavy atom. The monoisotopic (exact) mass is 233 g/mol. The summed E-state index contributed by atoms with van der Waals surface area (Å²) in [5, 5.41) is 7.48. The van der Waals surface area contributed by atoms with E-state index in [4.69, 9.17) is 0 Å². The van der Waals surface area contributed by atoms with Gasteiger partial charge in [-0.2, -0.15) is 5.10 Å². The lowest BCUT2D eigenvalue weighted by molar-refractivity contribution is 0.571. The molecule has 0 spiro atoms. The van der Waals surface area contributed by atoms with Crippen molar-refractivity contribution in [2.45, 2.75) is 19.5 Å². The van der Waals surface area contributed by atoms with Crippen molar-refractivity contribution >= 4 is 0 Å². The summed E-state index contributed by atoms with van der Waals surface area (Å²) >= 11 is 0. The van der Waals surface area contributed by atoms with E-state index in [1.165, 1.54) is 12.1 Å². The standard InChI is InChI=1S/C13H16FN3/c1-10(12-3-5-13(14)6-4-12)15-7-11-8-16-17(2)9-11/h3-6,8-10,15H,7H2,1-2H3/t10-/m0/s1. The van der Waals surface area contributed by atoms with Crippen molar-refractivity contribution < 1.29 is 4.39 Å². The summed E-state index contributed by atoms with van der Waals surface area (Å²) in [5.41, 5.74) is 2.22. The van der Waals surface area contributed by atoms with Gasteiger partial charge in [0.2, 0.25) is 0 Å². The molecule has 3 nitrogen and oxygen atoms in total. The molecule has 0 amide bonds. The van der Waals surface area contributed by atoms with Gasteiger partial charge >= 0.3 is 0 Å². The number of aryl methyl sites for hydroxylation is 1. The summed E-state index contributed by atoms with van der Waals surface area (Å²) in [6.45, 7) is 2.82. The highest BCUT2D eigenvalue weighted by Gasteiger charge is 2.05. The normalized spacial score (nSPS) is 12.6. The molecule has 0 radical (unpaired) electrons. The Morgan fingerprint density at radius 3 is 2.65 bits per heavy atom. The van der Waals surface area contributed by atoms with E-state index in [0.29, 0.717) is 0 Å².